The predicted molar refractivity (Wildman–Crippen MR) is 124 cm³/mol. The third-order valence-electron chi connectivity index (χ3n) is 5.57. The van der Waals surface area contributed by atoms with Gasteiger partial charge in [0.25, 0.3) is 0 Å². The lowest BCUT2D eigenvalue weighted by Gasteiger charge is -2.31. The first-order valence-corrected chi connectivity index (χ1v) is 12.4. The number of sulfonamides is 1. The lowest BCUT2D eigenvalue weighted by molar-refractivity contribution is -0.120. The molecule has 0 spiro atoms. The van der Waals surface area contributed by atoms with Crippen LogP contribution in [-0.4, -0.2) is 52.7 Å². The van der Waals surface area contributed by atoms with Gasteiger partial charge in [0, 0.05) is 24.2 Å². The summed E-state index contributed by atoms with van der Waals surface area (Å²) < 4.78 is 26.3. The number of hydrogen-bond acceptors (Lipinski definition) is 5. The molecule has 2 heterocycles. The number of rotatable bonds is 7. The summed E-state index contributed by atoms with van der Waals surface area (Å²) in [6.45, 7) is 2.54. The maximum Gasteiger partial charge on any atom is 0.228 e. The molecule has 32 heavy (non-hydrogen) atoms. The Morgan fingerprint density at radius 2 is 1.91 bits per heavy atom. The second kappa shape index (κ2) is 9.62. The molecular formula is C23H27N5O3S. The number of piperidine rings is 1. The zero-order valence-electron chi connectivity index (χ0n) is 18.0. The molecule has 2 N–H and O–H groups in total. The van der Waals surface area contributed by atoms with Crippen LogP contribution in [0.2, 0.25) is 0 Å². The van der Waals surface area contributed by atoms with Crippen LogP contribution in [0.3, 0.4) is 0 Å². The van der Waals surface area contributed by atoms with Crippen LogP contribution in [-0.2, 0) is 14.8 Å². The summed E-state index contributed by atoms with van der Waals surface area (Å²) in [6.07, 6.45) is 1.89. The van der Waals surface area contributed by atoms with E-state index in [-0.39, 0.29) is 18.2 Å². The fraction of sp³-hybridized carbons (Fsp3) is 0.348. The molecule has 1 aliphatic heterocycles. The van der Waals surface area contributed by atoms with E-state index in [1.165, 1.54) is 4.31 Å². The zero-order chi connectivity index (χ0) is 22.6. The van der Waals surface area contributed by atoms with Crippen LogP contribution in [0.5, 0.6) is 0 Å². The molecule has 0 aliphatic carbocycles. The molecule has 0 unspecified atom stereocenters. The molecule has 1 atom stereocenters. The minimum atomic E-state index is -3.32. The molecule has 1 saturated heterocycles. The van der Waals surface area contributed by atoms with Gasteiger partial charge in [0.15, 0.2) is 11.6 Å². The molecule has 2 aromatic carbocycles. The van der Waals surface area contributed by atoms with Crippen LogP contribution in [0.25, 0.3) is 22.8 Å². The Bertz CT molecular complexity index is 1180. The fourth-order valence-electron chi connectivity index (χ4n) is 3.93. The number of amides is 1. The minimum absolute atomic E-state index is 0.111. The van der Waals surface area contributed by atoms with Crippen LogP contribution in [0, 0.1) is 5.92 Å². The average molecular weight is 454 g/mol. The third kappa shape index (κ3) is 4.89. The van der Waals surface area contributed by atoms with Gasteiger partial charge in [-0.05, 0) is 31.4 Å². The maximum atomic E-state index is 13.0. The largest absolute Gasteiger partial charge is 0.325 e. The molecule has 8 nitrogen and oxygen atoms in total. The van der Waals surface area contributed by atoms with Gasteiger partial charge in [-0.3, -0.25) is 9.89 Å². The van der Waals surface area contributed by atoms with E-state index in [0.717, 1.165) is 11.1 Å². The van der Waals surface area contributed by atoms with E-state index in [2.05, 4.69) is 20.5 Å². The third-order valence-corrected chi connectivity index (χ3v) is 7.61. The van der Waals surface area contributed by atoms with Crippen molar-refractivity contribution in [1.82, 2.24) is 19.5 Å². The number of H-pyrrole nitrogens is 1. The molecule has 4 rings (SSSR count). The fourth-order valence-corrected chi connectivity index (χ4v) is 5.52. The lowest BCUT2D eigenvalue weighted by atomic mass is 9.98. The molecule has 3 aromatic rings. The van der Waals surface area contributed by atoms with Crippen molar-refractivity contribution in [2.45, 2.75) is 26.2 Å². The van der Waals surface area contributed by atoms with E-state index in [0.29, 0.717) is 43.1 Å². The highest BCUT2D eigenvalue weighted by molar-refractivity contribution is 7.89. The molecule has 0 bridgehead atoms. The van der Waals surface area contributed by atoms with E-state index in [1.807, 2.05) is 61.5 Å². The first kappa shape index (κ1) is 22.2. The highest BCUT2D eigenvalue weighted by Crippen LogP contribution is 2.28. The van der Waals surface area contributed by atoms with Gasteiger partial charge in [-0.2, -0.15) is 5.10 Å². The van der Waals surface area contributed by atoms with Crippen molar-refractivity contribution in [3.63, 3.8) is 0 Å². The maximum absolute atomic E-state index is 13.0. The van der Waals surface area contributed by atoms with Gasteiger partial charge < -0.3 is 5.32 Å². The smallest absolute Gasteiger partial charge is 0.228 e. The Labute approximate surface area is 188 Å². The molecule has 0 saturated carbocycles. The molecule has 0 radical (unpaired) electrons. The van der Waals surface area contributed by atoms with Crippen molar-refractivity contribution < 1.29 is 13.2 Å². The van der Waals surface area contributed by atoms with Crippen LogP contribution >= 0.6 is 0 Å². The number of benzene rings is 2. The molecule has 1 fully saturated rings. The number of aromatic amines is 1. The number of anilines is 1. The number of carbonyl (C=O) groups excluding carboxylic acids is 1. The molecule has 9 heteroatoms. The molecule has 1 aliphatic rings. The van der Waals surface area contributed by atoms with Crippen LogP contribution in [0.1, 0.15) is 26.2 Å². The number of carbonyl (C=O) groups is 1. The van der Waals surface area contributed by atoms with E-state index in [1.54, 1.807) is 0 Å². The molecule has 1 amide bonds. The average Bonchev–Trinajstić information content (AvgIpc) is 3.30. The number of nitrogens with one attached hydrogen (secondary N) is 2. The van der Waals surface area contributed by atoms with Gasteiger partial charge in [-0.1, -0.05) is 49.4 Å². The van der Waals surface area contributed by atoms with E-state index in [9.17, 15) is 13.2 Å². The lowest BCUT2D eigenvalue weighted by Crippen LogP contribution is -2.44. The minimum Gasteiger partial charge on any atom is -0.325 e. The molecular weight excluding hydrogens is 426 g/mol. The summed E-state index contributed by atoms with van der Waals surface area (Å²) in [5.74, 6) is 0.662. The topological polar surface area (TPSA) is 108 Å². The first-order valence-electron chi connectivity index (χ1n) is 10.8. The van der Waals surface area contributed by atoms with Crippen LogP contribution < -0.4 is 5.32 Å². The Morgan fingerprint density at radius 3 is 2.69 bits per heavy atom. The Hall–Kier alpha value is -3.04. The van der Waals surface area contributed by atoms with Gasteiger partial charge in [-0.15, -0.1) is 0 Å². The Balaban J connectivity index is 1.51. The Kier molecular flexibility index (Phi) is 6.66. The van der Waals surface area contributed by atoms with Gasteiger partial charge >= 0.3 is 0 Å². The number of hydrogen-bond donors (Lipinski definition) is 2. The van der Waals surface area contributed by atoms with Crippen molar-refractivity contribution in [2.75, 3.05) is 24.2 Å². The van der Waals surface area contributed by atoms with E-state index >= 15 is 0 Å². The summed E-state index contributed by atoms with van der Waals surface area (Å²) in [5, 5.41) is 10.2. The zero-order valence-corrected chi connectivity index (χ0v) is 18.8. The van der Waals surface area contributed by atoms with Gasteiger partial charge in [0.05, 0.1) is 17.4 Å². The highest BCUT2D eigenvalue weighted by atomic mass is 32.2. The van der Waals surface area contributed by atoms with Crippen LogP contribution in [0.4, 0.5) is 5.69 Å². The molecule has 168 valence electrons. The van der Waals surface area contributed by atoms with Crippen molar-refractivity contribution in [3.8, 4) is 22.8 Å². The SMILES string of the molecule is CCCS(=O)(=O)N1CCC[C@@H](C(=O)Nc2ccccc2-c2nc(-c3ccccc3)n[nH]2)C1. The van der Waals surface area contributed by atoms with Crippen molar-refractivity contribution in [3.05, 3.63) is 54.6 Å². The van der Waals surface area contributed by atoms with Crippen molar-refractivity contribution in [2.24, 2.45) is 5.92 Å². The van der Waals surface area contributed by atoms with Crippen LogP contribution in [0.15, 0.2) is 54.6 Å². The van der Waals surface area contributed by atoms with E-state index in [4.69, 9.17) is 0 Å². The second-order valence-corrected chi connectivity index (χ2v) is 10.0. The van der Waals surface area contributed by atoms with E-state index < -0.39 is 15.9 Å². The Morgan fingerprint density at radius 1 is 1.16 bits per heavy atom. The summed E-state index contributed by atoms with van der Waals surface area (Å²) in [7, 11) is -3.32. The quantitative estimate of drug-likeness (QED) is 0.569. The summed E-state index contributed by atoms with van der Waals surface area (Å²) in [6, 6.07) is 17.0. The highest BCUT2D eigenvalue weighted by Gasteiger charge is 2.32. The van der Waals surface area contributed by atoms with Gasteiger partial charge in [-0.25, -0.2) is 17.7 Å². The standard InChI is InChI=1S/C23H27N5O3S/c1-2-15-32(30,31)28-14-8-11-18(16-28)23(29)24-20-13-7-6-12-19(20)22-25-21(26-27-22)17-9-4-3-5-10-17/h3-7,9-10,12-13,18H,2,8,11,14-16H2,1H3,(H,24,29)(H,25,26,27)/t18-/m1/s1. The monoisotopic (exact) mass is 453 g/mol. The summed E-state index contributed by atoms with van der Waals surface area (Å²) in [4.78, 5) is 17.6. The van der Waals surface area contributed by atoms with Crippen molar-refractivity contribution >= 4 is 21.6 Å². The summed E-state index contributed by atoms with van der Waals surface area (Å²) >= 11 is 0. The van der Waals surface area contributed by atoms with Gasteiger partial charge in [0.2, 0.25) is 15.9 Å². The number of aromatic nitrogens is 3. The molecule has 1 aromatic heterocycles. The van der Waals surface area contributed by atoms with Gasteiger partial charge in [0.1, 0.15) is 0 Å². The second-order valence-electron chi connectivity index (χ2n) is 7.92. The predicted octanol–water partition coefficient (Wildman–Crippen LogP) is 3.53. The normalized spacial score (nSPS) is 17.2. The first-order chi connectivity index (χ1) is 15.5. The number of nitrogens with zero attached hydrogens (tertiary/aromatic N) is 3. The summed E-state index contributed by atoms with van der Waals surface area (Å²) in [5.41, 5.74) is 2.23. The van der Waals surface area contributed by atoms with Crippen molar-refractivity contribution in [1.29, 1.82) is 0 Å². The number of para-hydroxylation sites is 1.